The second-order valence-corrected chi connectivity index (χ2v) is 4.89. The molecule has 0 bridgehead atoms. The van der Waals surface area contributed by atoms with Gasteiger partial charge in [-0.25, -0.2) is 0 Å². The fourth-order valence-electron chi connectivity index (χ4n) is 3.31. The first-order chi connectivity index (χ1) is 6.92. The Hall–Kier alpha value is -0.0800. The molecule has 0 radical (unpaired) electrons. The Morgan fingerprint density at radius 2 is 2.14 bits per heavy atom. The lowest BCUT2D eigenvalue weighted by Gasteiger charge is -2.31. The number of nitrogens with one attached hydrogen (secondary N) is 1. The molecule has 2 aliphatic rings. The van der Waals surface area contributed by atoms with Gasteiger partial charge in [-0.15, -0.1) is 0 Å². The first kappa shape index (κ1) is 10.4. The standard InChI is InChI=1S/C12H23NO/c1-13-8-10-4-2-6-12(10)11-5-3-7-14-9-11/h10-13H,2-9H2,1H3. The highest BCUT2D eigenvalue weighted by Crippen LogP contribution is 2.39. The van der Waals surface area contributed by atoms with Gasteiger partial charge in [-0.05, 0) is 57.0 Å². The molecule has 0 spiro atoms. The molecule has 3 unspecified atom stereocenters. The van der Waals surface area contributed by atoms with Gasteiger partial charge in [0, 0.05) is 13.2 Å². The molecule has 2 heteroatoms. The fraction of sp³-hybridized carbons (Fsp3) is 1.00. The highest BCUT2D eigenvalue weighted by molar-refractivity contribution is 4.84. The summed E-state index contributed by atoms with van der Waals surface area (Å²) < 4.78 is 5.60. The van der Waals surface area contributed by atoms with Gasteiger partial charge in [0.1, 0.15) is 0 Å². The van der Waals surface area contributed by atoms with Crippen LogP contribution in [0.4, 0.5) is 0 Å². The highest BCUT2D eigenvalue weighted by Gasteiger charge is 2.33. The number of rotatable bonds is 3. The van der Waals surface area contributed by atoms with Crippen molar-refractivity contribution in [2.75, 3.05) is 26.8 Å². The molecule has 0 aromatic carbocycles. The predicted molar refractivity (Wildman–Crippen MR) is 58.3 cm³/mol. The van der Waals surface area contributed by atoms with Gasteiger partial charge in [0.2, 0.25) is 0 Å². The maximum absolute atomic E-state index is 5.60. The molecule has 0 aromatic rings. The van der Waals surface area contributed by atoms with E-state index in [4.69, 9.17) is 4.74 Å². The molecule has 1 heterocycles. The zero-order valence-corrected chi connectivity index (χ0v) is 9.30. The molecule has 0 aromatic heterocycles. The van der Waals surface area contributed by atoms with E-state index in [0.717, 1.165) is 31.0 Å². The molecule has 1 aliphatic heterocycles. The summed E-state index contributed by atoms with van der Waals surface area (Å²) in [6, 6.07) is 0. The first-order valence-corrected chi connectivity index (χ1v) is 6.14. The molecule has 1 aliphatic carbocycles. The van der Waals surface area contributed by atoms with Crippen LogP contribution in [0, 0.1) is 17.8 Å². The Morgan fingerprint density at radius 3 is 2.86 bits per heavy atom. The van der Waals surface area contributed by atoms with Crippen LogP contribution in [0.3, 0.4) is 0 Å². The summed E-state index contributed by atoms with van der Waals surface area (Å²) in [6.07, 6.45) is 7.01. The summed E-state index contributed by atoms with van der Waals surface area (Å²) in [7, 11) is 2.08. The van der Waals surface area contributed by atoms with E-state index in [1.807, 2.05) is 0 Å². The smallest absolute Gasteiger partial charge is 0.0497 e. The quantitative estimate of drug-likeness (QED) is 0.747. The molecule has 14 heavy (non-hydrogen) atoms. The van der Waals surface area contributed by atoms with Gasteiger partial charge in [-0.1, -0.05) is 6.42 Å². The van der Waals surface area contributed by atoms with Gasteiger partial charge in [-0.2, -0.15) is 0 Å². The summed E-state index contributed by atoms with van der Waals surface area (Å²) >= 11 is 0. The van der Waals surface area contributed by atoms with Crippen molar-refractivity contribution in [3.63, 3.8) is 0 Å². The Balaban J connectivity index is 1.87. The second-order valence-electron chi connectivity index (χ2n) is 4.89. The van der Waals surface area contributed by atoms with Crippen molar-refractivity contribution in [3.8, 4) is 0 Å². The molecule has 1 N–H and O–H groups in total. The van der Waals surface area contributed by atoms with Crippen LogP contribution in [-0.4, -0.2) is 26.8 Å². The first-order valence-electron chi connectivity index (χ1n) is 6.14. The van der Waals surface area contributed by atoms with Gasteiger partial charge in [-0.3, -0.25) is 0 Å². The predicted octanol–water partition coefficient (Wildman–Crippen LogP) is 2.05. The van der Waals surface area contributed by atoms with Crippen molar-refractivity contribution >= 4 is 0 Å². The Kier molecular flexibility index (Phi) is 3.82. The van der Waals surface area contributed by atoms with Crippen LogP contribution in [0.5, 0.6) is 0 Å². The van der Waals surface area contributed by atoms with Gasteiger partial charge in [0.15, 0.2) is 0 Å². The Labute approximate surface area is 87.4 Å². The van der Waals surface area contributed by atoms with Crippen molar-refractivity contribution in [1.29, 1.82) is 0 Å². The van der Waals surface area contributed by atoms with Crippen LogP contribution in [0.1, 0.15) is 32.1 Å². The van der Waals surface area contributed by atoms with E-state index < -0.39 is 0 Å². The van der Waals surface area contributed by atoms with Crippen molar-refractivity contribution in [2.24, 2.45) is 17.8 Å². The van der Waals surface area contributed by atoms with E-state index in [2.05, 4.69) is 12.4 Å². The lowest BCUT2D eigenvalue weighted by Crippen LogP contribution is -2.31. The minimum absolute atomic E-state index is 0.865. The maximum atomic E-state index is 5.60. The molecule has 2 rings (SSSR count). The fourth-order valence-corrected chi connectivity index (χ4v) is 3.31. The normalized spacial score (nSPS) is 38.8. The van der Waals surface area contributed by atoms with Crippen molar-refractivity contribution in [3.05, 3.63) is 0 Å². The van der Waals surface area contributed by atoms with Gasteiger partial charge < -0.3 is 10.1 Å². The average molecular weight is 197 g/mol. The van der Waals surface area contributed by atoms with Gasteiger partial charge >= 0.3 is 0 Å². The van der Waals surface area contributed by atoms with E-state index in [0.29, 0.717) is 0 Å². The second kappa shape index (κ2) is 5.13. The molecule has 2 nitrogen and oxygen atoms in total. The highest BCUT2D eigenvalue weighted by atomic mass is 16.5. The van der Waals surface area contributed by atoms with Gasteiger partial charge in [0.25, 0.3) is 0 Å². The van der Waals surface area contributed by atoms with Crippen molar-refractivity contribution in [1.82, 2.24) is 5.32 Å². The lowest BCUT2D eigenvalue weighted by atomic mass is 9.81. The zero-order chi connectivity index (χ0) is 9.80. The Bertz CT molecular complexity index is 166. The molecular formula is C12H23NO. The van der Waals surface area contributed by atoms with Crippen LogP contribution in [0.2, 0.25) is 0 Å². The average Bonchev–Trinajstić information content (AvgIpc) is 2.68. The summed E-state index contributed by atoms with van der Waals surface area (Å²) in [5.41, 5.74) is 0. The van der Waals surface area contributed by atoms with Crippen LogP contribution >= 0.6 is 0 Å². The number of hydrogen-bond donors (Lipinski definition) is 1. The summed E-state index contributed by atoms with van der Waals surface area (Å²) in [4.78, 5) is 0. The monoisotopic (exact) mass is 197 g/mol. The number of ether oxygens (including phenoxy) is 1. The van der Waals surface area contributed by atoms with Gasteiger partial charge in [0.05, 0.1) is 0 Å². The van der Waals surface area contributed by atoms with E-state index >= 15 is 0 Å². The minimum atomic E-state index is 0.865. The topological polar surface area (TPSA) is 21.3 Å². The number of hydrogen-bond acceptors (Lipinski definition) is 2. The molecule has 1 saturated carbocycles. The van der Waals surface area contributed by atoms with E-state index in [1.165, 1.54) is 38.6 Å². The summed E-state index contributed by atoms with van der Waals surface area (Å²) in [5, 5.41) is 3.34. The van der Waals surface area contributed by atoms with Crippen molar-refractivity contribution in [2.45, 2.75) is 32.1 Å². The minimum Gasteiger partial charge on any atom is -0.381 e. The molecule has 2 fully saturated rings. The largest absolute Gasteiger partial charge is 0.381 e. The molecular weight excluding hydrogens is 174 g/mol. The zero-order valence-electron chi connectivity index (χ0n) is 9.30. The summed E-state index contributed by atoms with van der Waals surface area (Å²) in [5.74, 6) is 2.74. The van der Waals surface area contributed by atoms with E-state index in [1.54, 1.807) is 0 Å². The van der Waals surface area contributed by atoms with Crippen LogP contribution in [0.25, 0.3) is 0 Å². The van der Waals surface area contributed by atoms with E-state index in [-0.39, 0.29) is 0 Å². The third kappa shape index (κ3) is 2.29. The molecule has 0 amide bonds. The van der Waals surface area contributed by atoms with E-state index in [9.17, 15) is 0 Å². The molecule has 1 saturated heterocycles. The molecule has 3 atom stereocenters. The summed E-state index contributed by atoms with van der Waals surface area (Å²) in [6.45, 7) is 3.24. The third-order valence-corrected chi connectivity index (χ3v) is 3.99. The molecule has 82 valence electrons. The lowest BCUT2D eigenvalue weighted by molar-refractivity contribution is 0.0223. The van der Waals surface area contributed by atoms with Crippen LogP contribution < -0.4 is 5.32 Å². The maximum Gasteiger partial charge on any atom is 0.0497 e. The van der Waals surface area contributed by atoms with Crippen LogP contribution in [-0.2, 0) is 4.74 Å². The van der Waals surface area contributed by atoms with Crippen molar-refractivity contribution < 1.29 is 4.74 Å². The SMILES string of the molecule is CNCC1CCCC1C1CCCOC1. The Morgan fingerprint density at radius 1 is 1.21 bits per heavy atom. The van der Waals surface area contributed by atoms with Crippen LogP contribution in [0.15, 0.2) is 0 Å². The third-order valence-electron chi connectivity index (χ3n) is 3.99.